The molecule has 2 saturated carbocycles. The summed E-state index contributed by atoms with van der Waals surface area (Å²) in [6.45, 7) is 0.268. The van der Waals surface area contributed by atoms with Gasteiger partial charge in [0, 0.05) is 5.92 Å². The minimum Gasteiger partial charge on any atom is -0.486 e. The highest BCUT2D eigenvalue weighted by Gasteiger charge is 2.45. The van der Waals surface area contributed by atoms with Crippen molar-refractivity contribution < 1.29 is 34.3 Å². The predicted molar refractivity (Wildman–Crippen MR) is 108 cm³/mol. The van der Waals surface area contributed by atoms with Crippen LogP contribution >= 0.6 is 0 Å². The van der Waals surface area contributed by atoms with E-state index in [4.69, 9.17) is 19.3 Å². The molecule has 162 valence electrons. The van der Waals surface area contributed by atoms with Crippen molar-refractivity contribution in [2.45, 2.75) is 37.6 Å². The first-order chi connectivity index (χ1) is 14.5. The Morgan fingerprint density at radius 1 is 1.27 bits per heavy atom. The monoisotopic (exact) mass is 416 g/mol. The van der Waals surface area contributed by atoms with Crippen LogP contribution in [-0.4, -0.2) is 59.4 Å². The molecule has 0 amide bonds. The van der Waals surface area contributed by atoms with Gasteiger partial charge in [0.1, 0.15) is 19.3 Å². The van der Waals surface area contributed by atoms with Crippen molar-refractivity contribution in [1.29, 1.82) is 0 Å². The average molecular weight is 416 g/mol. The summed E-state index contributed by atoms with van der Waals surface area (Å²) in [5.74, 6) is 1.03. The van der Waals surface area contributed by atoms with Crippen molar-refractivity contribution in [3.63, 3.8) is 0 Å². The Morgan fingerprint density at radius 2 is 2.07 bits per heavy atom. The normalized spacial score (nSPS) is 32.5. The van der Waals surface area contributed by atoms with Crippen LogP contribution < -0.4 is 9.47 Å². The third kappa shape index (κ3) is 4.69. The minimum atomic E-state index is -0.973. The number of aliphatic hydroxyl groups excluding tert-OH is 2. The molecule has 0 radical (unpaired) electrons. The fourth-order valence-corrected chi connectivity index (χ4v) is 4.83. The second-order valence-electron chi connectivity index (χ2n) is 8.27. The zero-order valence-electron chi connectivity index (χ0n) is 16.7. The summed E-state index contributed by atoms with van der Waals surface area (Å²) in [4.78, 5) is 10.5. The maximum atomic E-state index is 10.6. The van der Waals surface area contributed by atoms with Crippen LogP contribution in [0.15, 0.2) is 48.1 Å². The minimum absolute atomic E-state index is 0.0210. The Bertz CT molecular complexity index is 818. The molecule has 7 nitrogen and oxygen atoms in total. The molecule has 1 heterocycles. The highest BCUT2D eigenvalue weighted by molar-refractivity contribution is 5.68. The number of carboxylic acids is 1. The number of ether oxygens (including phenoxy) is 3. The Labute approximate surface area is 175 Å². The molecule has 7 heteroatoms. The lowest BCUT2D eigenvalue weighted by molar-refractivity contribution is -0.141. The number of aliphatic hydroxyl groups is 2. The predicted octanol–water partition coefficient (Wildman–Crippen LogP) is 2.18. The van der Waals surface area contributed by atoms with Gasteiger partial charge >= 0.3 is 5.97 Å². The van der Waals surface area contributed by atoms with Crippen LogP contribution in [0.25, 0.3) is 0 Å². The number of carbonyl (C=O) groups is 1. The molecule has 2 aliphatic carbocycles. The summed E-state index contributed by atoms with van der Waals surface area (Å²) in [6.07, 6.45) is 6.37. The molecule has 3 N–H and O–H groups in total. The molecule has 1 aliphatic heterocycles. The van der Waals surface area contributed by atoms with Crippen LogP contribution in [0.4, 0.5) is 0 Å². The SMILES string of the molecule is O=C(O)COC/C=C1\CC2C[C@@H](O)[C@H](/C=C/[C@@H](O)C3COc4ccccc4O3)C2C1. The lowest BCUT2D eigenvalue weighted by Gasteiger charge is -2.28. The molecule has 1 aromatic carbocycles. The van der Waals surface area contributed by atoms with Gasteiger partial charge in [0.2, 0.25) is 0 Å². The van der Waals surface area contributed by atoms with E-state index in [9.17, 15) is 15.0 Å². The first kappa shape index (κ1) is 20.9. The molecule has 0 spiro atoms. The van der Waals surface area contributed by atoms with E-state index in [1.54, 1.807) is 6.08 Å². The van der Waals surface area contributed by atoms with Crippen molar-refractivity contribution in [3.8, 4) is 11.5 Å². The first-order valence-electron chi connectivity index (χ1n) is 10.4. The number of hydrogen-bond donors (Lipinski definition) is 3. The summed E-state index contributed by atoms with van der Waals surface area (Å²) in [5, 5.41) is 29.7. The van der Waals surface area contributed by atoms with E-state index in [2.05, 4.69) is 0 Å². The number of rotatable bonds is 7. The van der Waals surface area contributed by atoms with Gasteiger partial charge in [-0.3, -0.25) is 0 Å². The topological polar surface area (TPSA) is 105 Å². The maximum Gasteiger partial charge on any atom is 0.329 e. The van der Waals surface area contributed by atoms with E-state index >= 15 is 0 Å². The molecule has 0 aromatic heterocycles. The van der Waals surface area contributed by atoms with Crippen molar-refractivity contribution in [1.82, 2.24) is 0 Å². The molecular formula is C23H28O7. The fourth-order valence-electron chi connectivity index (χ4n) is 4.83. The van der Waals surface area contributed by atoms with E-state index in [0.29, 0.717) is 29.9 Å². The van der Waals surface area contributed by atoms with Crippen molar-refractivity contribution >= 4 is 5.97 Å². The highest BCUT2D eigenvalue weighted by atomic mass is 16.6. The Morgan fingerprint density at radius 3 is 2.87 bits per heavy atom. The summed E-state index contributed by atoms with van der Waals surface area (Å²) < 4.78 is 16.6. The van der Waals surface area contributed by atoms with E-state index in [1.165, 1.54) is 5.57 Å². The molecule has 3 unspecified atom stereocenters. The standard InChI is InChI=1S/C23H28O7/c24-18(22-12-29-20-3-1-2-4-21(20)30-22)6-5-16-17-10-14(7-8-28-13-23(26)27)9-15(17)11-19(16)25/h1-7,15-19,22,24-25H,8-13H2,(H,26,27)/b6-5+,14-7+/t15?,16-,17?,18-,19-,22?/m1/s1. The second kappa shape index (κ2) is 9.20. The van der Waals surface area contributed by atoms with Crippen LogP contribution in [0.5, 0.6) is 11.5 Å². The van der Waals surface area contributed by atoms with E-state index in [1.807, 2.05) is 36.4 Å². The van der Waals surface area contributed by atoms with Crippen molar-refractivity contribution in [2.75, 3.05) is 19.8 Å². The Balaban J connectivity index is 1.33. The van der Waals surface area contributed by atoms with E-state index in [0.717, 1.165) is 19.3 Å². The molecule has 1 aromatic rings. The smallest absolute Gasteiger partial charge is 0.329 e. The quantitative estimate of drug-likeness (QED) is 0.462. The number of para-hydroxylation sites is 2. The van der Waals surface area contributed by atoms with Gasteiger partial charge in [-0.1, -0.05) is 35.9 Å². The van der Waals surface area contributed by atoms with Crippen LogP contribution in [0, 0.1) is 17.8 Å². The Hall–Kier alpha value is -2.35. The van der Waals surface area contributed by atoms with Gasteiger partial charge in [-0.25, -0.2) is 4.79 Å². The summed E-state index contributed by atoms with van der Waals surface area (Å²) >= 11 is 0. The van der Waals surface area contributed by atoms with Gasteiger partial charge in [0.15, 0.2) is 17.6 Å². The number of aliphatic carboxylic acids is 1. The van der Waals surface area contributed by atoms with Crippen LogP contribution in [0.2, 0.25) is 0 Å². The van der Waals surface area contributed by atoms with Gasteiger partial charge < -0.3 is 29.5 Å². The summed E-state index contributed by atoms with van der Waals surface area (Å²) in [7, 11) is 0. The second-order valence-corrected chi connectivity index (χ2v) is 8.27. The molecule has 2 fully saturated rings. The van der Waals surface area contributed by atoms with E-state index in [-0.39, 0.29) is 19.1 Å². The highest BCUT2D eigenvalue weighted by Crippen LogP contribution is 2.50. The van der Waals surface area contributed by atoms with Crippen LogP contribution in [0.1, 0.15) is 19.3 Å². The number of allylic oxidation sites excluding steroid dienone is 1. The number of carboxylic acid groups (broad SMARTS) is 1. The van der Waals surface area contributed by atoms with Crippen LogP contribution in [0.3, 0.4) is 0 Å². The molecule has 6 atom stereocenters. The maximum absolute atomic E-state index is 10.6. The van der Waals surface area contributed by atoms with Crippen LogP contribution in [-0.2, 0) is 9.53 Å². The van der Waals surface area contributed by atoms with Gasteiger partial charge in [-0.05, 0) is 43.2 Å². The largest absolute Gasteiger partial charge is 0.486 e. The third-order valence-corrected chi connectivity index (χ3v) is 6.27. The van der Waals surface area contributed by atoms with Gasteiger partial charge in [0.25, 0.3) is 0 Å². The van der Waals surface area contributed by atoms with E-state index < -0.39 is 24.3 Å². The molecule has 0 saturated heterocycles. The molecular weight excluding hydrogens is 388 g/mol. The summed E-state index contributed by atoms with van der Waals surface area (Å²) in [5.41, 5.74) is 1.25. The van der Waals surface area contributed by atoms with Gasteiger partial charge in [0.05, 0.1) is 12.7 Å². The number of fused-ring (bicyclic) bond motifs is 2. The molecule has 4 rings (SSSR count). The van der Waals surface area contributed by atoms with Crippen molar-refractivity contribution in [3.05, 3.63) is 48.1 Å². The number of hydrogen-bond acceptors (Lipinski definition) is 6. The molecule has 30 heavy (non-hydrogen) atoms. The molecule has 0 bridgehead atoms. The zero-order chi connectivity index (χ0) is 21.1. The molecule has 3 aliphatic rings. The average Bonchev–Trinajstić information content (AvgIpc) is 3.25. The zero-order valence-corrected chi connectivity index (χ0v) is 16.7. The summed E-state index contributed by atoms with van der Waals surface area (Å²) in [6, 6.07) is 7.38. The lowest BCUT2D eigenvalue weighted by Crippen LogP contribution is -2.38. The van der Waals surface area contributed by atoms with Crippen molar-refractivity contribution in [2.24, 2.45) is 17.8 Å². The van der Waals surface area contributed by atoms with Gasteiger partial charge in [-0.15, -0.1) is 0 Å². The lowest BCUT2D eigenvalue weighted by atomic mass is 9.90. The Kier molecular flexibility index (Phi) is 6.41. The fraction of sp³-hybridized carbons (Fsp3) is 0.522. The third-order valence-electron chi connectivity index (χ3n) is 6.27. The van der Waals surface area contributed by atoms with Gasteiger partial charge in [-0.2, -0.15) is 0 Å². The number of benzene rings is 1. The first-order valence-corrected chi connectivity index (χ1v) is 10.4.